The maximum Gasteiger partial charge on any atom is 0.326 e. The Kier molecular flexibility index (Phi) is 13.0. The molecule has 15 nitrogen and oxygen atoms in total. The molecule has 16 heteroatoms. The molecule has 1 rings (SSSR count). The molecular weight excluding hydrogens is 498 g/mol. The van der Waals surface area contributed by atoms with Crippen molar-refractivity contribution >= 4 is 47.3 Å². The Labute approximate surface area is 210 Å². The molecule has 200 valence electrons. The van der Waals surface area contributed by atoms with Crippen LogP contribution >= 0.6 is 11.8 Å². The molecule has 0 aromatic carbocycles. The fourth-order valence-corrected chi connectivity index (χ4v) is 3.43. The highest BCUT2D eigenvalue weighted by Gasteiger charge is 2.31. The van der Waals surface area contributed by atoms with Crippen molar-refractivity contribution in [2.24, 2.45) is 11.5 Å². The largest absolute Gasteiger partial charge is 0.481 e. The van der Waals surface area contributed by atoms with E-state index < -0.39 is 66.2 Å². The maximum absolute atomic E-state index is 12.9. The third-order valence-corrected chi connectivity index (χ3v) is 5.53. The number of carbonyl (C=O) groups is 6. The van der Waals surface area contributed by atoms with Crippen LogP contribution in [0, 0.1) is 0 Å². The minimum Gasteiger partial charge on any atom is -0.481 e. The van der Waals surface area contributed by atoms with Crippen LogP contribution in [0.1, 0.15) is 31.4 Å². The minimum absolute atomic E-state index is 0.0466. The summed E-state index contributed by atoms with van der Waals surface area (Å²) in [6.07, 6.45) is 3.40. The second-order valence-electron chi connectivity index (χ2n) is 7.79. The average Bonchev–Trinajstić information content (AvgIpc) is 3.31. The van der Waals surface area contributed by atoms with E-state index >= 15 is 0 Å². The minimum atomic E-state index is -1.63. The van der Waals surface area contributed by atoms with Crippen molar-refractivity contribution in [2.75, 3.05) is 12.0 Å². The number of rotatable bonds is 17. The second-order valence-corrected chi connectivity index (χ2v) is 8.78. The lowest BCUT2D eigenvalue weighted by Gasteiger charge is -2.24. The summed E-state index contributed by atoms with van der Waals surface area (Å²) >= 11 is 1.38. The summed E-state index contributed by atoms with van der Waals surface area (Å²) in [7, 11) is 0. The van der Waals surface area contributed by atoms with Gasteiger partial charge in [-0.1, -0.05) is 0 Å². The van der Waals surface area contributed by atoms with E-state index in [1.54, 1.807) is 6.26 Å². The van der Waals surface area contributed by atoms with Crippen molar-refractivity contribution in [3.8, 4) is 0 Å². The van der Waals surface area contributed by atoms with Crippen LogP contribution < -0.4 is 27.4 Å². The molecule has 36 heavy (non-hydrogen) atoms. The highest BCUT2D eigenvalue weighted by molar-refractivity contribution is 7.98. The van der Waals surface area contributed by atoms with E-state index in [9.17, 15) is 39.0 Å². The Bertz CT molecular complexity index is 927. The number of hydrogen-bond acceptors (Lipinski definition) is 9. The molecule has 0 radical (unpaired) electrons. The molecule has 0 aliphatic rings. The Morgan fingerprint density at radius 2 is 1.61 bits per heavy atom. The van der Waals surface area contributed by atoms with Crippen LogP contribution in [0.15, 0.2) is 12.5 Å². The summed E-state index contributed by atoms with van der Waals surface area (Å²) in [6, 6.07) is -5.36. The Balaban J connectivity index is 2.94. The lowest BCUT2D eigenvalue weighted by atomic mass is 10.1. The molecule has 1 aromatic rings. The van der Waals surface area contributed by atoms with Gasteiger partial charge in [-0.05, 0) is 24.9 Å². The van der Waals surface area contributed by atoms with Crippen LogP contribution in [0.4, 0.5) is 0 Å². The summed E-state index contributed by atoms with van der Waals surface area (Å²) in [4.78, 5) is 78.3. The molecule has 0 fully saturated rings. The SMILES string of the molecule is CSCCC(NC(=O)C(N)CCC(N)=O)C(=O)NC(CC(=O)O)C(=O)NC(Cc1cnc[nH]1)C(=O)O. The van der Waals surface area contributed by atoms with E-state index in [1.807, 2.05) is 0 Å². The molecule has 4 amide bonds. The first-order chi connectivity index (χ1) is 16.9. The topological polar surface area (TPSA) is 260 Å². The van der Waals surface area contributed by atoms with Gasteiger partial charge in [0.15, 0.2) is 0 Å². The number of imidazole rings is 1. The van der Waals surface area contributed by atoms with Crippen LogP contribution in [0.2, 0.25) is 0 Å². The number of H-pyrrole nitrogens is 1. The van der Waals surface area contributed by atoms with Crippen LogP contribution in [-0.4, -0.2) is 91.9 Å². The molecule has 1 aromatic heterocycles. The molecule has 10 N–H and O–H groups in total. The fraction of sp³-hybridized carbons (Fsp3) is 0.550. The van der Waals surface area contributed by atoms with Gasteiger partial charge in [-0.2, -0.15) is 11.8 Å². The average molecular weight is 530 g/mol. The monoisotopic (exact) mass is 529 g/mol. The molecule has 0 spiro atoms. The number of nitrogens with two attached hydrogens (primary N) is 2. The third kappa shape index (κ3) is 11.2. The number of aromatic amines is 1. The molecule has 0 bridgehead atoms. The molecule has 1 heterocycles. The Hall–Kier alpha value is -3.66. The zero-order valence-corrected chi connectivity index (χ0v) is 20.4. The van der Waals surface area contributed by atoms with Crippen molar-refractivity contribution in [3.63, 3.8) is 0 Å². The number of amides is 4. The van der Waals surface area contributed by atoms with Crippen molar-refractivity contribution in [2.45, 2.75) is 56.3 Å². The second kappa shape index (κ2) is 15.4. The standard InChI is InChI=1S/C20H31N7O8S/c1-36-5-4-12(25-17(31)11(21)2-3-15(22)28)18(32)26-13(7-16(29)30)19(33)27-14(20(34)35)6-10-8-23-9-24-10/h8-9,11-14H,2-7,21H2,1H3,(H2,22,28)(H,23,24)(H,25,31)(H,26,32)(H,27,33)(H,29,30)(H,34,35). The molecule has 0 saturated carbocycles. The lowest BCUT2D eigenvalue weighted by Crippen LogP contribution is -2.57. The summed E-state index contributed by atoms with van der Waals surface area (Å²) in [6.45, 7) is 0. The molecular formula is C20H31N7O8S. The smallest absolute Gasteiger partial charge is 0.326 e. The lowest BCUT2D eigenvalue weighted by molar-refractivity contribution is -0.143. The van der Waals surface area contributed by atoms with E-state index in [0.29, 0.717) is 11.4 Å². The summed E-state index contributed by atoms with van der Waals surface area (Å²) < 4.78 is 0. The molecule has 0 aliphatic heterocycles. The molecule has 4 atom stereocenters. The zero-order chi connectivity index (χ0) is 27.3. The van der Waals surface area contributed by atoms with E-state index in [1.165, 1.54) is 24.3 Å². The van der Waals surface area contributed by atoms with Gasteiger partial charge in [-0.15, -0.1) is 0 Å². The van der Waals surface area contributed by atoms with E-state index in [4.69, 9.17) is 11.5 Å². The van der Waals surface area contributed by atoms with Crippen LogP contribution in [0.25, 0.3) is 0 Å². The van der Waals surface area contributed by atoms with Gasteiger partial charge in [0.05, 0.1) is 18.8 Å². The van der Waals surface area contributed by atoms with Gasteiger partial charge in [0.2, 0.25) is 23.6 Å². The zero-order valence-electron chi connectivity index (χ0n) is 19.6. The number of primary amides is 1. The summed E-state index contributed by atoms with van der Waals surface area (Å²) in [5.74, 6) is -5.66. The van der Waals surface area contributed by atoms with Gasteiger partial charge in [0, 0.05) is 24.7 Å². The number of nitrogens with zero attached hydrogens (tertiary/aromatic N) is 1. The van der Waals surface area contributed by atoms with Crippen LogP contribution in [0.3, 0.4) is 0 Å². The van der Waals surface area contributed by atoms with Gasteiger partial charge in [-0.3, -0.25) is 24.0 Å². The highest BCUT2D eigenvalue weighted by atomic mass is 32.2. The van der Waals surface area contributed by atoms with Crippen molar-refractivity contribution in [3.05, 3.63) is 18.2 Å². The first kappa shape index (κ1) is 30.4. The Morgan fingerprint density at radius 3 is 2.14 bits per heavy atom. The first-order valence-electron chi connectivity index (χ1n) is 10.8. The van der Waals surface area contributed by atoms with Crippen molar-refractivity contribution < 1.29 is 39.0 Å². The predicted molar refractivity (Wildman–Crippen MR) is 127 cm³/mol. The number of carboxylic acids is 2. The number of carbonyl (C=O) groups excluding carboxylic acids is 4. The number of aromatic nitrogens is 2. The van der Waals surface area contributed by atoms with E-state index in [-0.39, 0.29) is 25.7 Å². The number of thioether (sulfide) groups is 1. The van der Waals surface area contributed by atoms with Crippen molar-refractivity contribution in [1.29, 1.82) is 0 Å². The van der Waals surface area contributed by atoms with Crippen LogP contribution in [-0.2, 0) is 35.2 Å². The number of aliphatic carboxylic acids is 2. The van der Waals surface area contributed by atoms with E-state index in [2.05, 4.69) is 25.9 Å². The van der Waals surface area contributed by atoms with Gasteiger partial charge in [-0.25, -0.2) is 9.78 Å². The maximum atomic E-state index is 12.9. The summed E-state index contributed by atoms with van der Waals surface area (Å²) in [5.41, 5.74) is 11.2. The normalized spacial score (nSPS) is 14.1. The first-order valence-corrected chi connectivity index (χ1v) is 12.2. The van der Waals surface area contributed by atoms with Gasteiger partial charge in [0.25, 0.3) is 0 Å². The Morgan fingerprint density at radius 1 is 1.00 bits per heavy atom. The van der Waals surface area contributed by atoms with Gasteiger partial charge in [0.1, 0.15) is 18.1 Å². The quantitative estimate of drug-likeness (QED) is 0.103. The third-order valence-electron chi connectivity index (χ3n) is 4.89. The molecule has 4 unspecified atom stereocenters. The molecule has 0 saturated heterocycles. The van der Waals surface area contributed by atoms with Gasteiger partial charge < -0.3 is 42.6 Å². The molecule has 0 aliphatic carbocycles. The fourth-order valence-electron chi connectivity index (χ4n) is 2.96. The van der Waals surface area contributed by atoms with Crippen molar-refractivity contribution in [1.82, 2.24) is 25.9 Å². The number of hydrogen-bond donors (Lipinski definition) is 8. The van der Waals surface area contributed by atoms with Crippen LogP contribution in [0.5, 0.6) is 0 Å². The number of nitrogens with one attached hydrogen (secondary N) is 4. The highest BCUT2D eigenvalue weighted by Crippen LogP contribution is 2.06. The number of carboxylic acid groups (broad SMARTS) is 2. The predicted octanol–water partition coefficient (Wildman–Crippen LogP) is -2.69. The summed E-state index contributed by atoms with van der Waals surface area (Å²) in [5, 5.41) is 25.6. The van der Waals surface area contributed by atoms with Gasteiger partial charge >= 0.3 is 11.9 Å². The van der Waals surface area contributed by atoms with E-state index in [0.717, 1.165) is 0 Å².